The minimum atomic E-state index is -0.269. The summed E-state index contributed by atoms with van der Waals surface area (Å²) in [6.45, 7) is 2.34. The molecule has 0 bridgehead atoms. The van der Waals surface area contributed by atoms with Crippen molar-refractivity contribution in [3.8, 4) is 0 Å². The van der Waals surface area contributed by atoms with Crippen molar-refractivity contribution in [2.45, 2.75) is 38.5 Å². The van der Waals surface area contributed by atoms with Crippen molar-refractivity contribution in [3.63, 3.8) is 0 Å². The topological polar surface area (TPSA) is 40.6 Å². The van der Waals surface area contributed by atoms with Crippen LogP contribution in [-0.4, -0.2) is 47.8 Å². The quantitative estimate of drug-likeness (QED) is 0.832. The molecular formula is C19H25FN2O2. The number of aryl methyl sites for hydroxylation is 1. The maximum Gasteiger partial charge on any atom is 0.242 e. The van der Waals surface area contributed by atoms with Gasteiger partial charge in [-0.3, -0.25) is 9.59 Å². The monoisotopic (exact) mass is 332 g/mol. The lowest BCUT2D eigenvalue weighted by atomic mass is 10.1. The zero-order chi connectivity index (χ0) is 16.9. The van der Waals surface area contributed by atoms with Gasteiger partial charge in [-0.15, -0.1) is 0 Å². The predicted octanol–water partition coefficient (Wildman–Crippen LogP) is 2.62. The van der Waals surface area contributed by atoms with Crippen molar-refractivity contribution in [1.82, 2.24) is 9.80 Å². The Bertz CT molecular complexity index is 582. The summed E-state index contributed by atoms with van der Waals surface area (Å²) < 4.78 is 12.9. The Hall–Kier alpha value is -1.91. The molecular weight excluding hydrogens is 307 g/mol. The number of hydrogen-bond donors (Lipinski definition) is 0. The van der Waals surface area contributed by atoms with E-state index in [1.807, 2.05) is 4.90 Å². The molecule has 130 valence electrons. The lowest BCUT2D eigenvalue weighted by Gasteiger charge is -2.35. The van der Waals surface area contributed by atoms with Gasteiger partial charge in [-0.1, -0.05) is 25.0 Å². The minimum absolute atomic E-state index is 0.00758. The lowest BCUT2D eigenvalue weighted by molar-refractivity contribution is -0.145. The number of nitrogens with zero attached hydrogens (tertiary/aromatic N) is 2. The Kier molecular flexibility index (Phi) is 5.48. The molecule has 0 atom stereocenters. The molecule has 0 N–H and O–H groups in total. The Morgan fingerprint density at radius 2 is 1.83 bits per heavy atom. The molecule has 0 aromatic heterocycles. The molecule has 1 saturated heterocycles. The minimum Gasteiger partial charge on any atom is -0.339 e. The Labute approximate surface area is 142 Å². The Morgan fingerprint density at radius 1 is 1.12 bits per heavy atom. The third kappa shape index (κ3) is 4.34. The molecule has 1 aromatic rings. The first-order valence-electron chi connectivity index (χ1n) is 8.92. The summed E-state index contributed by atoms with van der Waals surface area (Å²) in [4.78, 5) is 28.2. The van der Waals surface area contributed by atoms with E-state index in [1.54, 1.807) is 17.0 Å². The third-order valence-corrected chi connectivity index (χ3v) is 5.17. The van der Waals surface area contributed by atoms with E-state index < -0.39 is 0 Å². The van der Waals surface area contributed by atoms with Crippen LogP contribution in [0.5, 0.6) is 0 Å². The summed E-state index contributed by atoms with van der Waals surface area (Å²) in [6.07, 6.45) is 5.95. The van der Waals surface area contributed by atoms with Crippen molar-refractivity contribution in [1.29, 1.82) is 0 Å². The van der Waals surface area contributed by atoms with Gasteiger partial charge in [0, 0.05) is 26.1 Å². The third-order valence-electron chi connectivity index (χ3n) is 5.17. The molecule has 3 rings (SSSR count). The first-order valence-corrected chi connectivity index (χ1v) is 8.92. The summed E-state index contributed by atoms with van der Waals surface area (Å²) in [5, 5.41) is 0. The largest absolute Gasteiger partial charge is 0.339 e. The molecule has 5 heteroatoms. The lowest BCUT2D eigenvalue weighted by Crippen LogP contribution is -2.53. The van der Waals surface area contributed by atoms with Crippen LogP contribution in [0.2, 0.25) is 0 Å². The van der Waals surface area contributed by atoms with Crippen molar-refractivity contribution in [2.24, 2.45) is 5.92 Å². The van der Waals surface area contributed by atoms with Crippen LogP contribution in [0.4, 0.5) is 4.39 Å². The van der Waals surface area contributed by atoms with Gasteiger partial charge in [-0.2, -0.15) is 0 Å². The van der Waals surface area contributed by atoms with E-state index in [9.17, 15) is 14.0 Å². The highest BCUT2D eigenvalue weighted by molar-refractivity contribution is 5.86. The van der Waals surface area contributed by atoms with Crippen LogP contribution in [-0.2, 0) is 16.0 Å². The summed E-state index contributed by atoms with van der Waals surface area (Å²) in [5.41, 5.74) is 0.941. The van der Waals surface area contributed by atoms with Gasteiger partial charge in [-0.05, 0) is 42.9 Å². The highest BCUT2D eigenvalue weighted by atomic mass is 19.1. The van der Waals surface area contributed by atoms with Gasteiger partial charge >= 0.3 is 0 Å². The molecule has 0 spiro atoms. The number of halogens is 1. The molecule has 1 heterocycles. The zero-order valence-electron chi connectivity index (χ0n) is 14.0. The van der Waals surface area contributed by atoms with Crippen LogP contribution in [0.15, 0.2) is 24.3 Å². The maximum atomic E-state index is 12.9. The van der Waals surface area contributed by atoms with E-state index in [-0.39, 0.29) is 24.2 Å². The van der Waals surface area contributed by atoms with Crippen molar-refractivity contribution in [2.75, 3.05) is 26.2 Å². The molecule has 0 unspecified atom stereocenters. The van der Waals surface area contributed by atoms with E-state index in [0.717, 1.165) is 12.1 Å². The number of carbonyl (C=O) groups is 2. The first-order chi connectivity index (χ1) is 11.6. The molecule has 2 aliphatic rings. The van der Waals surface area contributed by atoms with Crippen LogP contribution in [0.25, 0.3) is 0 Å². The van der Waals surface area contributed by atoms with E-state index in [0.29, 0.717) is 31.8 Å². The number of hydrogen-bond acceptors (Lipinski definition) is 2. The number of amides is 2. The van der Waals surface area contributed by atoms with Gasteiger partial charge in [0.2, 0.25) is 11.8 Å². The number of benzene rings is 1. The van der Waals surface area contributed by atoms with Crippen LogP contribution in [0, 0.1) is 11.7 Å². The fourth-order valence-electron chi connectivity index (χ4n) is 3.68. The number of piperazine rings is 1. The van der Waals surface area contributed by atoms with Crippen molar-refractivity contribution >= 4 is 11.8 Å². The van der Waals surface area contributed by atoms with Crippen LogP contribution in [0.1, 0.15) is 37.7 Å². The predicted molar refractivity (Wildman–Crippen MR) is 89.8 cm³/mol. The highest BCUT2D eigenvalue weighted by Gasteiger charge is 2.29. The number of rotatable bonds is 5. The standard InChI is InChI=1S/C19H25FN2O2/c20-17-8-5-15(6-9-17)7-10-18(23)22-12-11-21(19(24)14-22)13-16-3-1-2-4-16/h5-6,8-9,16H,1-4,7,10-14H2. The van der Waals surface area contributed by atoms with Crippen molar-refractivity contribution in [3.05, 3.63) is 35.6 Å². The van der Waals surface area contributed by atoms with Gasteiger partial charge in [-0.25, -0.2) is 4.39 Å². The van der Waals surface area contributed by atoms with Gasteiger partial charge in [0.15, 0.2) is 0 Å². The second-order valence-electron chi connectivity index (χ2n) is 6.93. The Morgan fingerprint density at radius 3 is 2.50 bits per heavy atom. The van der Waals surface area contributed by atoms with E-state index in [1.165, 1.54) is 37.8 Å². The molecule has 2 amide bonds. The second kappa shape index (κ2) is 7.77. The SMILES string of the molecule is O=C(CCc1ccc(F)cc1)N1CCN(CC2CCCC2)C(=O)C1. The normalized spacial score (nSPS) is 19.1. The molecule has 24 heavy (non-hydrogen) atoms. The van der Waals surface area contributed by atoms with E-state index in [2.05, 4.69) is 0 Å². The smallest absolute Gasteiger partial charge is 0.242 e. The number of carbonyl (C=O) groups excluding carboxylic acids is 2. The second-order valence-corrected chi connectivity index (χ2v) is 6.93. The van der Waals surface area contributed by atoms with Crippen LogP contribution in [0.3, 0.4) is 0 Å². The molecule has 4 nitrogen and oxygen atoms in total. The summed E-state index contributed by atoms with van der Waals surface area (Å²) >= 11 is 0. The Balaban J connectivity index is 1.45. The zero-order valence-corrected chi connectivity index (χ0v) is 14.0. The van der Waals surface area contributed by atoms with Gasteiger partial charge in [0.1, 0.15) is 5.82 Å². The van der Waals surface area contributed by atoms with E-state index in [4.69, 9.17) is 0 Å². The van der Waals surface area contributed by atoms with Crippen LogP contribution >= 0.6 is 0 Å². The molecule has 1 aromatic carbocycles. The maximum absolute atomic E-state index is 12.9. The van der Waals surface area contributed by atoms with Gasteiger partial charge < -0.3 is 9.80 Å². The van der Waals surface area contributed by atoms with Gasteiger partial charge in [0.25, 0.3) is 0 Å². The first kappa shape index (κ1) is 16.9. The molecule has 0 radical (unpaired) electrons. The summed E-state index contributed by atoms with van der Waals surface area (Å²) in [6, 6.07) is 6.22. The average Bonchev–Trinajstić information content (AvgIpc) is 3.09. The summed E-state index contributed by atoms with van der Waals surface area (Å²) in [7, 11) is 0. The van der Waals surface area contributed by atoms with E-state index >= 15 is 0 Å². The summed E-state index contributed by atoms with van der Waals surface area (Å²) in [5.74, 6) is 0.459. The van der Waals surface area contributed by atoms with Gasteiger partial charge in [0.05, 0.1) is 6.54 Å². The average molecular weight is 332 g/mol. The fourth-order valence-corrected chi connectivity index (χ4v) is 3.68. The fraction of sp³-hybridized carbons (Fsp3) is 0.579. The molecule has 2 fully saturated rings. The molecule has 1 aliphatic heterocycles. The van der Waals surface area contributed by atoms with Crippen molar-refractivity contribution < 1.29 is 14.0 Å². The molecule has 1 aliphatic carbocycles. The van der Waals surface area contributed by atoms with Crippen LogP contribution < -0.4 is 0 Å². The highest BCUT2D eigenvalue weighted by Crippen LogP contribution is 2.26. The molecule has 1 saturated carbocycles.